The van der Waals surface area contributed by atoms with Gasteiger partial charge in [0, 0.05) is 44.2 Å². The molecule has 4 rings (SSSR count). The lowest BCUT2D eigenvalue weighted by molar-refractivity contribution is -0.133. The molecule has 10 heteroatoms. The Balaban J connectivity index is 1.54. The second-order valence-electron chi connectivity index (χ2n) is 8.98. The first-order chi connectivity index (χ1) is 16.9. The second-order valence-corrected chi connectivity index (χ2v) is 9.93. The summed E-state index contributed by atoms with van der Waals surface area (Å²) in [7, 11) is 0. The highest BCUT2D eigenvalue weighted by Crippen LogP contribution is 2.35. The molecular formula is C25H32FN5O3S. The molecule has 1 atom stereocenters. The third kappa shape index (κ3) is 6.45. The first-order valence-electron chi connectivity index (χ1n) is 12.0. The van der Waals surface area contributed by atoms with Crippen LogP contribution >= 0.6 is 11.3 Å². The maximum absolute atomic E-state index is 14.7. The van der Waals surface area contributed by atoms with Gasteiger partial charge in [0.1, 0.15) is 12.4 Å². The van der Waals surface area contributed by atoms with Crippen LogP contribution in [0, 0.1) is 5.82 Å². The highest BCUT2D eigenvalue weighted by molar-refractivity contribution is 7.12. The summed E-state index contributed by atoms with van der Waals surface area (Å²) in [5.74, 6) is -0.717. The summed E-state index contributed by atoms with van der Waals surface area (Å²) in [6.45, 7) is 7.57. The monoisotopic (exact) mass is 501 g/mol. The molecule has 3 amide bonds. The fourth-order valence-electron chi connectivity index (χ4n) is 4.23. The van der Waals surface area contributed by atoms with Crippen LogP contribution < -0.4 is 5.32 Å². The van der Waals surface area contributed by atoms with Crippen molar-refractivity contribution in [3.05, 3.63) is 58.0 Å². The average Bonchev–Trinajstić information content (AvgIpc) is 3.52. The summed E-state index contributed by atoms with van der Waals surface area (Å²) in [4.78, 5) is 31.2. The first-order valence-corrected chi connectivity index (χ1v) is 12.8. The normalized spacial score (nSPS) is 18.6. The van der Waals surface area contributed by atoms with Crippen LogP contribution in [-0.2, 0) is 9.53 Å². The zero-order valence-corrected chi connectivity index (χ0v) is 21.0. The molecular weight excluding hydrogens is 469 g/mol. The Morgan fingerprint density at radius 3 is 2.69 bits per heavy atom. The quantitative estimate of drug-likeness (QED) is 0.602. The minimum atomic E-state index is -0.560. The Kier molecular flexibility index (Phi) is 8.48. The van der Waals surface area contributed by atoms with E-state index < -0.39 is 6.04 Å². The standard InChI is InChI=1S/C25H32FN5O3S/c1-18(2)27-25(33)30(10-9-29-11-13-34-14-12-29)17-24(32)31-22(19-6-3-4-7-20(19)26)16-21(28-31)23-8-5-15-35-23/h3-8,15,18,22H,9-14,16-17H2,1-2H3,(H,27,33)/t22-/m1/s1. The summed E-state index contributed by atoms with van der Waals surface area (Å²) in [5, 5.41) is 10.8. The predicted octanol–water partition coefficient (Wildman–Crippen LogP) is 3.32. The Bertz CT molecular complexity index is 1040. The number of nitrogens with one attached hydrogen (secondary N) is 1. The maximum atomic E-state index is 14.7. The third-order valence-corrected chi connectivity index (χ3v) is 6.97. The smallest absolute Gasteiger partial charge is 0.318 e. The number of carbonyl (C=O) groups excluding carboxylic acids is 2. The number of urea groups is 1. The molecule has 1 fully saturated rings. The second kappa shape index (κ2) is 11.7. The van der Waals surface area contributed by atoms with Crippen molar-refractivity contribution >= 4 is 29.0 Å². The lowest BCUT2D eigenvalue weighted by atomic mass is 10.0. The molecule has 0 radical (unpaired) electrons. The Morgan fingerprint density at radius 2 is 2.00 bits per heavy atom. The summed E-state index contributed by atoms with van der Waals surface area (Å²) in [6, 6.07) is 9.42. The van der Waals surface area contributed by atoms with Gasteiger partial charge >= 0.3 is 6.03 Å². The van der Waals surface area contributed by atoms with Crippen LogP contribution in [-0.4, -0.2) is 84.4 Å². The van der Waals surface area contributed by atoms with Gasteiger partial charge in [0.15, 0.2) is 0 Å². The number of hydrogen-bond acceptors (Lipinski definition) is 6. The van der Waals surface area contributed by atoms with E-state index in [1.165, 1.54) is 27.3 Å². The molecule has 0 unspecified atom stereocenters. The molecule has 188 valence electrons. The fraction of sp³-hybridized carbons (Fsp3) is 0.480. The molecule has 2 aliphatic heterocycles. The van der Waals surface area contributed by atoms with Crippen molar-refractivity contribution in [2.45, 2.75) is 32.4 Å². The van der Waals surface area contributed by atoms with Crippen LogP contribution in [0.2, 0.25) is 0 Å². The molecule has 0 aliphatic carbocycles. The molecule has 1 aromatic heterocycles. The van der Waals surface area contributed by atoms with Gasteiger partial charge in [-0.1, -0.05) is 24.3 Å². The van der Waals surface area contributed by atoms with E-state index in [1.807, 2.05) is 31.4 Å². The number of benzene rings is 1. The van der Waals surface area contributed by atoms with Gasteiger partial charge in [0.25, 0.3) is 5.91 Å². The number of amides is 3. The van der Waals surface area contributed by atoms with Gasteiger partial charge in [-0.15, -0.1) is 11.3 Å². The van der Waals surface area contributed by atoms with E-state index in [2.05, 4.69) is 15.3 Å². The molecule has 0 bridgehead atoms. The lowest BCUT2D eigenvalue weighted by Gasteiger charge is -2.31. The Morgan fingerprint density at radius 1 is 1.23 bits per heavy atom. The molecule has 3 heterocycles. The van der Waals surface area contributed by atoms with E-state index in [0.717, 1.165) is 23.7 Å². The van der Waals surface area contributed by atoms with Crippen molar-refractivity contribution in [2.75, 3.05) is 45.9 Å². The van der Waals surface area contributed by atoms with Gasteiger partial charge in [-0.25, -0.2) is 14.2 Å². The number of nitrogens with zero attached hydrogens (tertiary/aromatic N) is 4. The molecule has 0 saturated carbocycles. The van der Waals surface area contributed by atoms with Crippen molar-refractivity contribution in [1.82, 2.24) is 20.1 Å². The van der Waals surface area contributed by atoms with Gasteiger partial charge in [-0.2, -0.15) is 5.10 Å². The number of ether oxygens (including phenoxy) is 1. The largest absolute Gasteiger partial charge is 0.379 e. The minimum Gasteiger partial charge on any atom is -0.379 e. The van der Waals surface area contributed by atoms with E-state index in [4.69, 9.17) is 4.74 Å². The SMILES string of the molecule is CC(C)NC(=O)N(CCN1CCOCC1)CC(=O)N1N=C(c2cccs2)C[C@@H]1c1ccccc1F. The number of hydrogen-bond donors (Lipinski definition) is 1. The van der Waals surface area contributed by atoms with E-state index in [1.54, 1.807) is 18.2 Å². The molecule has 2 aromatic rings. The highest BCUT2D eigenvalue weighted by Gasteiger charge is 2.36. The number of carbonyl (C=O) groups is 2. The van der Waals surface area contributed by atoms with Gasteiger partial charge in [0.2, 0.25) is 0 Å². The van der Waals surface area contributed by atoms with Crippen LogP contribution in [0.15, 0.2) is 46.9 Å². The van der Waals surface area contributed by atoms with Gasteiger partial charge in [-0.05, 0) is 31.4 Å². The molecule has 2 aliphatic rings. The van der Waals surface area contributed by atoms with Gasteiger partial charge < -0.3 is 15.0 Å². The summed E-state index contributed by atoms with van der Waals surface area (Å²) >= 11 is 1.53. The molecule has 1 saturated heterocycles. The van der Waals surface area contributed by atoms with Crippen LogP contribution in [0.4, 0.5) is 9.18 Å². The molecule has 1 N–H and O–H groups in total. The number of thiophene rings is 1. The van der Waals surface area contributed by atoms with Crippen molar-refractivity contribution in [2.24, 2.45) is 5.10 Å². The number of halogens is 1. The highest BCUT2D eigenvalue weighted by atomic mass is 32.1. The van der Waals surface area contributed by atoms with Crippen molar-refractivity contribution in [1.29, 1.82) is 0 Å². The number of morpholine rings is 1. The summed E-state index contributed by atoms with van der Waals surface area (Å²) in [6.07, 6.45) is 0.416. The van der Waals surface area contributed by atoms with Crippen LogP contribution in [0.3, 0.4) is 0 Å². The topological polar surface area (TPSA) is 77.5 Å². The summed E-state index contributed by atoms with van der Waals surface area (Å²) in [5.41, 5.74) is 1.16. The van der Waals surface area contributed by atoms with E-state index in [9.17, 15) is 14.0 Å². The fourth-order valence-corrected chi connectivity index (χ4v) is 4.95. The Hall–Kier alpha value is -2.82. The summed E-state index contributed by atoms with van der Waals surface area (Å²) < 4.78 is 20.1. The van der Waals surface area contributed by atoms with Crippen LogP contribution in [0.25, 0.3) is 0 Å². The molecule has 35 heavy (non-hydrogen) atoms. The van der Waals surface area contributed by atoms with Crippen molar-refractivity contribution in [3.8, 4) is 0 Å². The lowest BCUT2D eigenvalue weighted by Crippen LogP contribution is -2.50. The molecule has 1 aromatic carbocycles. The zero-order chi connectivity index (χ0) is 24.8. The Labute approximate surface area is 209 Å². The maximum Gasteiger partial charge on any atom is 0.318 e. The average molecular weight is 502 g/mol. The molecule has 8 nitrogen and oxygen atoms in total. The van der Waals surface area contributed by atoms with Crippen molar-refractivity contribution in [3.63, 3.8) is 0 Å². The zero-order valence-electron chi connectivity index (χ0n) is 20.2. The number of rotatable bonds is 8. The van der Waals surface area contributed by atoms with Gasteiger partial charge in [0.05, 0.1) is 29.8 Å². The first kappa shape index (κ1) is 25.3. The van der Waals surface area contributed by atoms with E-state index in [-0.39, 0.29) is 30.3 Å². The van der Waals surface area contributed by atoms with Crippen LogP contribution in [0.1, 0.15) is 36.8 Å². The minimum absolute atomic E-state index is 0.0649. The third-order valence-electron chi connectivity index (χ3n) is 6.05. The van der Waals surface area contributed by atoms with Gasteiger partial charge in [-0.3, -0.25) is 9.69 Å². The van der Waals surface area contributed by atoms with E-state index in [0.29, 0.717) is 38.3 Å². The molecule has 0 spiro atoms. The number of hydrazone groups is 1. The van der Waals surface area contributed by atoms with E-state index >= 15 is 0 Å². The predicted molar refractivity (Wildman–Crippen MR) is 134 cm³/mol. The van der Waals surface area contributed by atoms with Crippen molar-refractivity contribution < 1.29 is 18.7 Å². The van der Waals surface area contributed by atoms with Crippen LogP contribution in [0.5, 0.6) is 0 Å².